The maximum absolute atomic E-state index is 12.2. The Balaban J connectivity index is 1.91. The minimum Gasteiger partial charge on any atom is -0.497 e. The molecule has 5 nitrogen and oxygen atoms in total. The fourth-order valence-electron chi connectivity index (χ4n) is 3.45. The number of fused-ring (bicyclic) bond motifs is 1. The molecule has 112 valence electrons. The van der Waals surface area contributed by atoms with Crippen LogP contribution < -0.4 is 4.74 Å². The molecule has 1 aliphatic heterocycles. The third kappa shape index (κ3) is 2.26. The first-order chi connectivity index (χ1) is 10.2. The molecule has 1 fully saturated rings. The van der Waals surface area contributed by atoms with Crippen LogP contribution in [0.1, 0.15) is 36.4 Å². The van der Waals surface area contributed by atoms with E-state index in [2.05, 4.69) is 0 Å². The summed E-state index contributed by atoms with van der Waals surface area (Å²) >= 11 is 0. The Kier molecular flexibility index (Phi) is 3.57. The molecule has 0 aromatic heterocycles. The lowest BCUT2D eigenvalue weighted by Crippen LogP contribution is -2.41. The van der Waals surface area contributed by atoms with Gasteiger partial charge in [0.25, 0.3) is 0 Å². The number of amides is 1. The zero-order chi connectivity index (χ0) is 15.0. The summed E-state index contributed by atoms with van der Waals surface area (Å²) in [5.41, 5.74) is 2.32. The second kappa shape index (κ2) is 5.39. The number of esters is 1. The number of benzene rings is 1. The Morgan fingerprint density at radius 3 is 2.76 bits per heavy atom. The van der Waals surface area contributed by atoms with Crippen molar-refractivity contribution in [2.45, 2.75) is 37.8 Å². The molecule has 2 unspecified atom stereocenters. The SMILES string of the molecule is COC(=O)C1CCC(=O)N1C1CCc2cc(OC)ccc21. The van der Waals surface area contributed by atoms with E-state index in [0.29, 0.717) is 12.8 Å². The smallest absolute Gasteiger partial charge is 0.328 e. The van der Waals surface area contributed by atoms with Crippen LogP contribution >= 0.6 is 0 Å². The third-order valence-electron chi connectivity index (χ3n) is 4.46. The number of methoxy groups -OCH3 is 2. The number of likely N-dealkylation sites (tertiary alicyclic amines) is 1. The standard InChI is InChI=1S/C16H19NO4/c1-20-11-4-5-12-10(9-11)3-6-13(12)17-14(16(19)21-2)7-8-15(17)18/h4-5,9,13-14H,3,6-8H2,1-2H3. The van der Waals surface area contributed by atoms with Gasteiger partial charge in [-0.1, -0.05) is 6.07 Å². The van der Waals surface area contributed by atoms with E-state index >= 15 is 0 Å². The minimum absolute atomic E-state index is 0.0231. The number of carbonyl (C=O) groups excluding carboxylic acids is 2. The molecule has 1 amide bonds. The number of hydrogen-bond donors (Lipinski definition) is 0. The molecule has 1 aromatic rings. The van der Waals surface area contributed by atoms with Gasteiger partial charge in [0.2, 0.25) is 5.91 Å². The molecule has 1 aliphatic carbocycles. The van der Waals surface area contributed by atoms with E-state index in [1.807, 2.05) is 18.2 Å². The van der Waals surface area contributed by atoms with Gasteiger partial charge in [0, 0.05) is 6.42 Å². The summed E-state index contributed by atoms with van der Waals surface area (Å²) in [4.78, 5) is 25.8. The van der Waals surface area contributed by atoms with E-state index in [4.69, 9.17) is 9.47 Å². The molecule has 0 saturated carbocycles. The highest BCUT2D eigenvalue weighted by Gasteiger charge is 2.43. The van der Waals surface area contributed by atoms with Crippen LogP contribution in [-0.2, 0) is 20.7 Å². The van der Waals surface area contributed by atoms with Crippen LogP contribution in [0.2, 0.25) is 0 Å². The van der Waals surface area contributed by atoms with E-state index in [0.717, 1.165) is 24.2 Å². The monoisotopic (exact) mass is 289 g/mol. The average molecular weight is 289 g/mol. The lowest BCUT2D eigenvalue weighted by atomic mass is 10.1. The second-order valence-electron chi connectivity index (χ2n) is 5.50. The van der Waals surface area contributed by atoms with Crippen LogP contribution in [0, 0.1) is 0 Å². The van der Waals surface area contributed by atoms with Crippen LogP contribution in [0.15, 0.2) is 18.2 Å². The molecule has 1 saturated heterocycles. The van der Waals surface area contributed by atoms with Crippen molar-refractivity contribution in [1.82, 2.24) is 4.90 Å². The predicted molar refractivity (Wildman–Crippen MR) is 75.9 cm³/mol. The van der Waals surface area contributed by atoms with E-state index in [-0.39, 0.29) is 17.9 Å². The maximum Gasteiger partial charge on any atom is 0.328 e. The number of aryl methyl sites for hydroxylation is 1. The Hall–Kier alpha value is -2.04. The Labute approximate surface area is 123 Å². The van der Waals surface area contributed by atoms with Crippen LogP contribution in [0.3, 0.4) is 0 Å². The van der Waals surface area contributed by atoms with Gasteiger partial charge < -0.3 is 14.4 Å². The van der Waals surface area contributed by atoms with Crippen molar-refractivity contribution in [1.29, 1.82) is 0 Å². The van der Waals surface area contributed by atoms with E-state index in [1.165, 1.54) is 12.7 Å². The summed E-state index contributed by atoms with van der Waals surface area (Å²) in [6.07, 6.45) is 2.71. The summed E-state index contributed by atoms with van der Waals surface area (Å²) in [5.74, 6) is 0.550. The number of carbonyl (C=O) groups is 2. The van der Waals surface area contributed by atoms with Gasteiger partial charge in [0.1, 0.15) is 11.8 Å². The van der Waals surface area contributed by atoms with Crippen molar-refractivity contribution in [2.75, 3.05) is 14.2 Å². The van der Waals surface area contributed by atoms with Gasteiger partial charge in [-0.05, 0) is 42.5 Å². The lowest BCUT2D eigenvalue weighted by Gasteiger charge is -2.30. The van der Waals surface area contributed by atoms with Crippen LogP contribution in [-0.4, -0.2) is 37.0 Å². The zero-order valence-corrected chi connectivity index (χ0v) is 12.3. The highest BCUT2D eigenvalue weighted by Crippen LogP contribution is 2.41. The zero-order valence-electron chi connectivity index (χ0n) is 12.3. The summed E-state index contributed by atoms with van der Waals surface area (Å²) in [6, 6.07) is 5.46. The molecule has 2 atom stereocenters. The van der Waals surface area contributed by atoms with Gasteiger partial charge in [0.15, 0.2) is 0 Å². The fourth-order valence-corrected chi connectivity index (χ4v) is 3.45. The summed E-state index contributed by atoms with van der Waals surface area (Å²) in [6.45, 7) is 0. The molecule has 0 spiro atoms. The van der Waals surface area contributed by atoms with Gasteiger partial charge in [-0.15, -0.1) is 0 Å². The molecule has 0 bridgehead atoms. The van der Waals surface area contributed by atoms with Crippen LogP contribution in [0.4, 0.5) is 0 Å². The van der Waals surface area contributed by atoms with Gasteiger partial charge in [0.05, 0.1) is 20.3 Å². The van der Waals surface area contributed by atoms with E-state index in [9.17, 15) is 9.59 Å². The molecule has 2 aliphatic rings. The summed E-state index contributed by atoms with van der Waals surface area (Å²) in [5, 5.41) is 0. The molecule has 21 heavy (non-hydrogen) atoms. The van der Waals surface area contributed by atoms with E-state index in [1.54, 1.807) is 12.0 Å². The maximum atomic E-state index is 12.2. The van der Waals surface area contributed by atoms with Gasteiger partial charge >= 0.3 is 5.97 Å². The van der Waals surface area contributed by atoms with Crippen molar-refractivity contribution in [3.8, 4) is 5.75 Å². The third-order valence-corrected chi connectivity index (χ3v) is 4.46. The van der Waals surface area contributed by atoms with Gasteiger partial charge in [-0.3, -0.25) is 4.79 Å². The normalized spacial score (nSPS) is 24.1. The Morgan fingerprint density at radius 2 is 2.05 bits per heavy atom. The number of nitrogens with zero attached hydrogens (tertiary/aromatic N) is 1. The number of ether oxygens (including phenoxy) is 2. The largest absolute Gasteiger partial charge is 0.497 e. The first-order valence-corrected chi connectivity index (χ1v) is 7.21. The van der Waals surface area contributed by atoms with Crippen molar-refractivity contribution in [2.24, 2.45) is 0 Å². The van der Waals surface area contributed by atoms with Crippen LogP contribution in [0.5, 0.6) is 5.75 Å². The average Bonchev–Trinajstić information content (AvgIpc) is 3.08. The molecular formula is C16H19NO4. The van der Waals surface area contributed by atoms with Crippen molar-refractivity contribution < 1.29 is 19.1 Å². The van der Waals surface area contributed by atoms with Gasteiger partial charge in [-0.25, -0.2) is 4.79 Å². The lowest BCUT2D eigenvalue weighted by molar-refractivity contribution is -0.150. The predicted octanol–water partition coefficient (Wildman–Crippen LogP) is 1.85. The highest BCUT2D eigenvalue weighted by atomic mass is 16.5. The molecule has 3 rings (SSSR count). The van der Waals surface area contributed by atoms with Gasteiger partial charge in [-0.2, -0.15) is 0 Å². The van der Waals surface area contributed by atoms with Crippen molar-refractivity contribution in [3.05, 3.63) is 29.3 Å². The molecule has 0 radical (unpaired) electrons. The number of hydrogen-bond acceptors (Lipinski definition) is 4. The second-order valence-corrected chi connectivity index (χ2v) is 5.50. The highest BCUT2D eigenvalue weighted by molar-refractivity contribution is 5.88. The topological polar surface area (TPSA) is 55.8 Å². The first-order valence-electron chi connectivity index (χ1n) is 7.21. The van der Waals surface area contributed by atoms with Crippen molar-refractivity contribution in [3.63, 3.8) is 0 Å². The first kappa shape index (κ1) is 13.9. The molecule has 0 N–H and O–H groups in total. The Morgan fingerprint density at radius 1 is 1.24 bits per heavy atom. The molecule has 1 aromatic carbocycles. The van der Waals surface area contributed by atoms with E-state index < -0.39 is 6.04 Å². The fraction of sp³-hybridized carbons (Fsp3) is 0.500. The van der Waals surface area contributed by atoms with Crippen molar-refractivity contribution >= 4 is 11.9 Å². The quantitative estimate of drug-likeness (QED) is 0.797. The summed E-state index contributed by atoms with van der Waals surface area (Å²) < 4.78 is 10.1. The number of rotatable bonds is 3. The van der Waals surface area contributed by atoms with Crippen LogP contribution in [0.25, 0.3) is 0 Å². The minimum atomic E-state index is -0.444. The molecule has 5 heteroatoms. The molecule has 1 heterocycles. The molecular weight excluding hydrogens is 270 g/mol. The summed E-state index contributed by atoms with van der Waals surface area (Å²) in [7, 11) is 3.02. The Bertz CT molecular complexity index is 584.